The number of para-hydroxylation sites is 1. The van der Waals surface area contributed by atoms with Crippen LogP contribution in [-0.2, 0) is 6.42 Å². The number of benzene rings is 1. The summed E-state index contributed by atoms with van der Waals surface area (Å²) < 4.78 is 6.00. The predicted octanol–water partition coefficient (Wildman–Crippen LogP) is 4.35. The zero-order valence-electron chi connectivity index (χ0n) is 12.8. The molecule has 1 aliphatic heterocycles. The molecule has 3 heteroatoms. The van der Waals surface area contributed by atoms with Gasteiger partial charge in [-0.25, -0.2) is 0 Å². The van der Waals surface area contributed by atoms with Crippen LogP contribution in [0.3, 0.4) is 0 Å². The molecule has 0 radical (unpaired) electrons. The lowest BCUT2D eigenvalue weighted by Crippen LogP contribution is -2.35. The van der Waals surface area contributed by atoms with Crippen LogP contribution in [0, 0.1) is 12.8 Å². The molecule has 0 saturated carbocycles. The van der Waals surface area contributed by atoms with Crippen LogP contribution in [0.4, 0.5) is 0 Å². The van der Waals surface area contributed by atoms with Gasteiger partial charge in [0.25, 0.3) is 0 Å². The van der Waals surface area contributed by atoms with E-state index in [4.69, 9.17) is 4.74 Å². The van der Waals surface area contributed by atoms with Crippen LogP contribution >= 0.6 is 11.3 Å². The van der Waals surface area contributed by atoms with Crippen LogP contribution in [0.2, 0.25) is 0 Å². The van der Waals surface area contributed by atoms with Crippen LogP contribution in [0.1, 0.15) is 35.4 Å². The summed E-state index contributed by atoms with van der Waals surface area (Å²) in [6, 6.07) is 11.1. The molecule has 2 nitrogen and oxygen atoms in total. The summed E-state index contributed by atoms with van der Waals surface area (Å²) in [5.41, 5.74) is 2.78. The third-order valence-electron chi connectivity index (χ3n) is 4.23. The quantitative estimate of drug-likeness (QED) is 0.886. The summed E-state index contributed by atoms with van der Waals surface area (Å²) in [6.07, 6.45) is 2.25. The topological polar surface area (TPSA) is 21.3 Å². The van der Waals surface area contributed by atoms with E-state index in [1.807, 2.05) is 11.3 Å². The number of hydrogen-bond acceptors (Lipinski definition) is 3. The van der Waals surface area contributed by atoms with E-state index in [-0.39, 0.29) is 0 Å². The number of fused-ring (bicyclic) bond motifs is 1. The van der Waals surface area contributed by atoms with E-state index >= 15 is 0 Å². The van der Waals surface area contributed by atoms with Crippen molar-refractivity contribution < 1.29 is 4.74 Å². The largest absolute Gasteiger partial charge is 0.493 e. The summed E-state index contributed by atoms with van der Waals surface area (Å²) in [4.78, 5) is 1.42. The minimum absolute atomic E-state index is 0.393. The lowest BCUT2D eigenvalue weighted by atomic mass is 9.86. The van der Waals surface area contributed by atoms with Crippen LogP contribution in [-0.4, -0.2) is 13.2 Å². The smallest absolute Gasteiger partial charge is 0.122 e. The van der Waals surface area contributed by atoms with E-state index in [0.717, 1.165) is 31.7 Å². The number of thiophene rings is 1. The first-order valence-electron chi connectivity index (χ1n) is 7.77. The third-order valence-corrected chi connectivity index (χ3v) is 5.09. The zero-order chi connectivity index (χ0) is 14.7. The van der Waals surface area contributed by atoms with Crippen molar-refractivity contribution in [2.75, 3.05) is 13.2 Å². The van der Waals surface area contributed by atoms with Crippen molar-refractivity contribution in [3.05, 3.63) is 51.7 Å². The third kappa shape index (κ3) is 3.14. The fourth-order valence-electron chi connectivity index (χ4n) is 3.11. The van der Waals surface area contributed by atoms with Gasteiger partial charge in [0.1, 0.15) is 5.75 Å². The van der Waals surface area contributed by atoms with E-state index in [9.17, 15) is 0 Å². The van der Waals surface area contributed by atoms with Crippen molar-refractivity contribution in [2.24, 2.45) is 5.92 Å². The second kappa shape index (κ2) is 6.63. The Kier molecular flexibility index (Phi) is 4.61. The number of ether oxygens (including phenoxy) is 1. The molecule has 1 aliphatic rings. The zero-order valence-corrected chi connectivity index (χ0v) is 13.6. The molecule has 2 unspecified atom stereocenters. The molecule has 3 rings (SSSR count). The van der Waals surface area contributed by atoms with Gasteiger partial charge in [0.05, 0.1) is 6.61 Å². The Morgan fingerprint density at radius 2 is 2.19 bits per heavy atom. The number of nitrogens with one attached hydrogen (secondary N) is 1. The average Bonchev–Trinajstić information content (AvgIpc) is 2.94. The van der Waals surface area contributed by atoms with E-state index < -0.39 is 0 Å². The van der Waals surface area contributed by atoms with Gasteiger partial charge in [-0.15, -0.1) is 11.3 Å². The highest BCUT2D eigenvalue weighted by Gasteiger charge is 2.29. The van der Waals surface area contributed by atoms with Gasteiger partial charge in [0, 0.05) is 16.8 Å². The van der Waals surface area contributed by atoms with Gasteiger partial charge in [-0.1, -0.05) is 25.1 Å². The lowest BCUT2D eigenvalue weighted by molar-refractivity contribution is 0.184. The molecular formula is C18H23NOS. The maximum absolute atomic E-state index is 6.00. The van der Waals surface area contributed by atoms with E-state index in [1.165, 1.54) is 16.0 Å². The Morgan fingerprint density at radius 3 is 2.95 bits per heavy atom. The average molecular weight is 301 g/mol. The molecule has 0 bridgehead atoms. The van der Waals surface area contributed by atoms with Gasteiger partial charge in [0.2, 0.25) is 0 Å². The summed E-state index contributed by atoms with van der Waals surface area (Å²) in [6.45, 7) is 6.29. The van der Waals surface area contributed by atoms with Crippen LogP contribution in [0.5, 0.6) is 5.75 Å². The Balaban J connectivity index is 1.83. The Hall–Kier alpha value is -1.32. The molecule has 1 N–H and O–H groups in total. The molecule has 0 saturated heterocycles. The van der Waals surface area contributed by atoms with Gasteiger partial charge in [-0.05, 0) is 54.9 Å². The molecular weight excluding hydrogens is 278 g/mol. The monoisotopic (exact) mass is 301 g/mol. The Morgan fingerprint density at radius 1 is 1.33 bits per heavy atom. The van der Waals surface area contributed by atoms with Gasteiger partial charge >= 0.3 is 0 Å². The van der Waals surface area contributed by atoms with Crippen LogP contribution in [0.25, 0.3) is 0 Å². The summed E-state index contributed by atoms with van der Waals surface area (Å²) in [7, 11) is 0. The first-order chi connectivity index (χ1) is 10.3. The number of hydrogen-bond donors (Lipinski definition) is 1. The molecule has 0 spiro atoms. The summed E-state index contributed by atoms with van der Waals surface area (Å²) >= 11 is 1.83. The van der Waals surface area contributed by atoms with E-state index in [1.54, 1.807) is 0 Å². The Bertz CT molecular complexity index is 592. The fraction of sp³-hybridized carbons (Fsp3) is 0.444. The van der Waals surface area contributed by atoms with Crippen molar-refractivity contribution >= 4 is 11.3 Å². The minimum atomic E-state index is 0.393. The minimum Gasteiger partial charge on any atom is -0.493 e. The molecule has 1 aromatic heterocycles. The SMILES string of the molecule is CCCNC(c1ccsc1C)C1COc2ccccc2C1. The molecule has 2 aromatic rings. The van der Waals surface area contributed by atoms with E-state index in [0.29, 0.717) is 12.0 Å². The maximum atomic E-state index is 6.00. The molecule has 21 heavy (non-hydrogen) atoms. The number of rotatable bonds is 5. The van der Waals surface area contributed by atoms with E-state index in [2.05, 4.69) is 54.9 Å². The second-order valence-corrected chi connectivity index (χ2v) is 6.87. The summed E-state index contributed by atoms with van der Waals surface area (Å²) in [5, 5.41) is 5.94. The molecule has 1 aromatic carbocycles. The maximum Gasteiger partial charge on any atom is 0.122 e. The standard InChI is InChI=1S/C18H23NOS/c1-3-9-19-18(16-8-10-21-13(16)2)15-11-14-6-4-5-7-17(14)20-12-15/h4-8,10,15,18-19H,3,9,11-12H2,1-2H3. The predicted molar refractivity (Wildman–Crippen MR) is 89.2 cm³/mol. The van der Waals surface area contributed by atoms with Crippen molar-refractivity contribution in [3.8, 4) is 5.75 Å². The highest BCUT2D eigenvalue weighted by Crippen LogP contribution is 2.35. The molecule has 112 valence electrons. The number of aryl methyl sites for hydroxylation is 1. The van der Waals surface area contributed by atoms with Crippen molar-refractivity contribution in [1.82, 2.24) is 5.32 Å². The molecule has 2 atom stereocenters. The van der Waals surface area contributed by atoms with Gasteiger partial charge in [-0.2, -0.15) is 0 Å². The fourth-order valence-corrected chi connectivity index (χ4v) is 3.86. The molecule has 2 heterocycles. The lowest BCUT2D eigenvalue weighted by Gasteiger charge is -2.32. The molecule has 0 fully saturated rings. The second-order valence-electron chi connectivity index (χ2n) is 5.75. The molecule has 0 aliphatic carbocycles. The van der Waals surface area contributed by atoms with Crippen LogP contribution in [0.15, 0.2) is 35.7 Å². The van der Waals surface area contributed by atoms with Gasteiger partial charge < -0.3 is 10.1 Å². The van der Waals surface area contributed by atoms with Crippen molar-refractivity contribution in [1.29, 1.82) is 0 Å². The van der Waals surface area contributed by atoms with Gasteiger partial charge in [0.15, 0.2) is 0 Å². The van der Waals surface area contributed by atoms with Crippen LogP contribution < -0.4 is 10.1 Å². The Labute approximate surface area is 131 Å². The van der Waals surface area contributed by atoms with Crippen molar-refractivity contribution in [3.63, 3.8) is 0 Å². The normalized spacial score (nSPS) is 18.9. The highest BCUT2D eigenvalue weighted by atomic mass is 32.1. The summed E-state index contributed by atoms with van der Waals surface area (Å²) in [5.74, 6) is 1.56. The first-order valence-corrected chi connectivity index (χ1v) is 8.65. The van der Waals surface area contributed by atoms with Crippen molar-refractivity contribution in [2.45, 2.75) is 32.7 Å². The first kappa shape index (κ1) is 14.6. The highest BCUT2D eigenvalue weighted by molar-refractivity contribution is 7.10. The van der Waals surface area contributed by atoms with Gasteiger partial charge in [-0.3, -0.25) is 0 Å². The molecule has 0 amide bonds.